The molecule has 0 radical (unpaired) electrons. The van der Waals surface area contributed by atoms with E-state index < -0.39 is 0 Å². The predicted molar refractivity (Wildman–Crippen MR) is 71.1 cm³/mol. The van der Waals surface area contributed by atoms with E-state index in [1.165, 1.54) is 11.3 Å². The monoisotopic (exact) mass is 313 g/mol. The molecule has 0 spiro atoms. The van der Waals surface area contributed by atoms with Crippen LogP contribution in [0.5, 0.6) is 0 Å². The molecule has 4 nitrogen and oxygen atoms in total. The lowest BCUT2D eigenvalue weighted by Gasteiger charge is -2.03. The Labute approximate surface area is 112 Å². The molecule has 90 valence electrons. The van der Waals surface area contributed by atoms with E-state index >= 15 is 0 Å². The minimum atomic E-state index is -0.0631. The molecular weight excluding hydrogens is 302 g/mol. The summed E-state index contributed by atoms with van der Waals surface area (Å²) in [5.41, 5.74) is 1.08. The summed E-state index contributed by atoms with van der Waals surface area (Å²) in [5.74, 6) is 0.775. The van der Waals surface area contributed by atoms with Crippen LogP contribution in [0.4, 0.5) is 0 Å². The zero-order valence-electron chi connectivity index (χ0n) is 9.53. The molecule has 1 amide bonds. The smallest absolute Gasteiger partial charge is 0.261 e. The Morgan fingerprint density at radius 3 is 2.94 bits per heavy atom. The summed E-state index contributed by atoms with van der Waals surface area (Å²) in [7, 11) is 1.90. The standard InChI is InChI=1S/C11H12BrN3OS/c1-7-5-8(17-10(7)12)11(16)14-6-9-13-3-4-15(9)2/h3-5H,6H2,1-2H3,(H,14,16). The second-order valence-corrected chi connectivity index (χ2v) is 6.07. The number of carbonyl (C=O) groups excluding carboxylic acids is 1. The highest BCUT2D eigenvalue weighted by atomic mass is 79.9. The van der Waals surface area contributed by atoms with Crippen molar-refractivity contribution in [1.82, 2.24) is 14.9 Å². The molecule has 2 heterocycles. The van der Waals surface area contributed by atoms with Gasteiger partial charge in [0.25, 0.3) is 5.91 Å². The first-order valence-electron chi connectivity index (χ1n) is 5.08. The van der Waals surface area contributed by atoms with Gasteiger partial charge in [-0.25, -0.2) is 4.98 Å². The van der Waals surface area contributed by atoms with E-state index in [0.717, 1.165) is 15.2 Å². The lowest BCUT2D eigenvalue weighted by Crippen LogP contribution is -2.23. The van der Waals surface area contributed by atoms with Gasteiger partial charge in [-0.2, -0.15) is 0 Å². The summed E-state index contributed by atoms with van der Waals surface area (Å²) in [6.07, 6.45) is 3.57. The molecule has 0 aromatic carbocycles. The first-order valence-corrected chi connectivity index (χ1v) is 6.69. The van der Waals surface area contributed by atoms with Crippen molar-refractivity contribution in [2.24, 2.45) is 7.05 Å². The van der Waals surface area contributed by atoms with Crippen LogP contribution in [-0.2, 0) is 13.6 Å². The number of rotatable bonds is 3. The molecule has 17 heavy (non-hydrogen) atoms. The predicted octanol–water partition coefficient (Wildman–Crippen LogP) is 2.48. The van der Waals surface area contributed by atoms with E-state index in [2.05, 4.69) is 26.2 Å². The van der Waals surface area contributed by atoms with Gasteiger partial charge in [-0.15, -0.1) is 11.3 Å². The fourth-order valence-corrected chi connectivity index (χ4v) is 2.84. The van der Waals surface area contributed by atoms with Crippen molar-refractivity contribution in [3.05, 3.63) is 38.5 Å². The van der Waals surface area contributed by atoms with Crippen molar-refractivity contribution in [3.8, 4) is 0 Å². The van der Waals surface area contributed by atoms with E-state index in [9.17, 15) is 4.79 Å². The second-order valence-electron chi connectivity index (χ2n) is 3.70. The topological polar surface area (TPSA) is 46.9 Å². The molecule has 0 atom stereocenters. The van der Waals surface area contributed by atoms with E-state index in [0.29, 0.717) is 11.4 Å². The molecule has 0 saturated heterocycles. The van der Waals surface area contributed by atoms with Crippen LogP contribution in [0.25, 0.3) is 0 Å². The number of carbonyl (C=O) groups is 1. The number of amides is 1. The quantitative estimate of drug-likeness (QED) is 0.946. The van der Waals surface area contributed by atoms with E-state index in [4.69, 9.17) is 0 Å². The van der Waals surface area contributed by atoms with Gasteiger partial charge in [-0.3, -0.25) is 4.79 Å². The average Bonchev–Trinajstić information content (AvgIpc) is 2.83. The molecule has 0 unspecified atom stereocenters. The fraction of sp³-hybridized carbons (Fsp3) is 0.273. The maximum absolute atomic E-state index is 11.9. The van der Waals surface area contributed by atoms with Gasteiger partial charge in [0, 0.05) is 19.4 Å². The third-order valence-electron chi connectivity index (χ3n) is 2.41. The number of hydrogen-bond donors (Lipinski definition) is 1. The molecule has 6 heteroatoms. The lowest BCUT2D eigenvalue weighted by molar-refractivity contribution is 0.0953. The molecule has 0 aliphatic carbocycles. The van der Waals surface area contributed by atoms with Gasteiger partial charge >= 0.3 is 0 Å². The van der Waals surface area contributed by atoms with Crippen molar-refractivity contribution in [2.45, 2.75) is 13.5 Å². The average molecular weight is 314 g/mol. The zero-order valence-corrected chi connectivity index (χ0v) is 11.9. The van der Waals surface area contributed by atoms with Gasteiger partial charge in [-0.05, 0) is 34.5 Å². The number of nitrogens with one attached hydrogen (secondary N) is 1. The van der Waals surface area contributed by atoms with Gasteiger partial charge in [0.15, 0.2) is 0 Å². The maximum atomic E-state index is 11.9. The van der Waals surface area contributed by atoms with Crippen LogP contribution in [0, 0.1) is 6.92 Å². The molecule has 2 aromatic rings. The van der Waals surface area contributed by atoms with Crippen LogP contribution in [-0.4, -0.2) is 15.5 Å². The molecular formula is C11H12BrN3OS. The molecule has 2 rings (SSSR count). The summed E-state index contributed by atoms with van der Waals surface area (Å²) >= 11 is 4.85. The SMILES string of the molecule is Cc1cc(C(=O)NCc2nccn2C)sc1Br. The summed E-state index contributed by atoms with van der Waals surface area (Å²) in [6, 6.07) is 1.88. The van der Waals surface area contributed by atoms with Gasteiger partial charge < -0.3 is 9.88 Å². The maximum Gasteiger partial charge on any atom is 0.261 e. The van der Waals surface area contributed by atoms with Crippen LogP contribution in [0.2, 0.25) is 0 Å². The van der Waals surface area contributed by atoms with E-state index in [1.54, 1.807) is 6.20 Å². The summed E-state index contributed by atoms with van der Waals surface area (Å²) in [6.45, 7) is 2.41. The number of halogens is 1. The Balaban J connectivity index is 2.00. The van der Waals surface area contributed by atoms with Crippen LogP contribution >= 0.6 is 27.3 Å². The highest BCUT2D eigenvalue weighted by molar-refractivity contribution is 9.11. The van der Waals surface area contributed by atoms with Crippen LogP contribution in [0.3, 0.4) is 0 Å². The Hall–Kier alpha value is -1.14. The highest BCUT2D eigenvalue weighted by Gasteiger charge is 2.11. The summed E-state index contributed by atoms with van der Waals surface area (Å²) in [5, 5.41) is 2.85. The zero-order chi connectivity index (χ0) is 12.4. The molecule has 0 bridgehead atoms. The fourth-order valence-electron chi connectivity index (χ4n) is 1.39. The van der Waals surface area contributed by atoms with Crippen molar-refractivity contribution < 1.29 is 4.79 Å². The lowest BCUT2D eigenvalue weighted by atomic mass is 10.3. The molecule has 1 N–H and O–H groups in total. The Kier molecular flexibility index (Phi) is 3.63. The highest BCUT2D eigenvalue weighted by Crippen LogP contribution is 2.27. The molecule has 2 aromatic heterocycles. The van der Waals surface area contributed by atoms with Gasteiger partial charge in [0.05, 0.1) is 15.2 Å². The number of thiophene rings is 1. The molecule has 0 aliphatic rings. The number of aromatic nitrogens is 2. The Bertz CT molecular complexity index is 527. The van der Waals surface area contributed by atoms with Crippen molar-refractivity contribution in [3.63, 3.8) is 0 Å². The number of hydrogen-bond acceptors (Lipinski definition) is 3. The Morgan fingerprint density at radius 2 is 2.41 bits per heavy atom. The van der Waals surface area contributed by atoms with Crippen molar-refractivity contribution >= 4 is 33.2 Å². The van der Waals surface area contributed by atoms with Gasteiger partial charge in [-0.1, -0.05) is 0 Å². The first-order chi connectivity index (χ1) is 8.08. The third-order valence-corrected chi connectivity index (χ3v) is 4.54. The number of imidazole rings is 1. The normalized spacial score (nSPS) is 10.5. The largest absolute Gasteiger partial charge is 0.344 e. The minimum Gasteiger partial charge on any atom is -0.344 e. The first kappa shape index (κ1) is 12.3. The number of aryl methyl sites for hydroxylation is 2. The molecule has 0 saturated carbocycles. The second kappa shape index (κ2) is 5.01. The van der Waals surface area contributed by atoms with Crippen LogP contribution < -0.4 is 5.32 Å². The van der Waals surface area contributed by atoms with E-state index in [1.807, 2.05) is 30.8 Å². The van der Waals surface area contributed by atoms with Crippen molar-refractivity contribution in [1.29, 1.82) is 0 Å². The van der Waals surface area contributed by atoms with Gasteiger partial charge in [0.2, 0.25) is 0 Å². The Morgan fingerprint density at radius 1 is 1.65 bits per heavy atom. The van der Waals surface area contributed by atoms with Crippen LogP contribution in [0.15, 0.2) is 22.2 Å². The van der Waals surface area contributed by atoms with Crippen molar-refractivity contribution in [2.75, 3.05) is 0 Å². The summed E-state index contributed by atoms with van der Waals surface area (Å²) < 4.78 is 2.88. The minimum absolute atomic E-state index is 0.0631. The molecule has 0 fully saturated rings. The summed E-state index contributed by atoms with van der Waals surface area (Å²) in [4.78, 5) is 16.7. The van der Waals surface area contributed by atoms with Crippen LogP contribution in [0.1, 0.15) is 21.1 Å². The number of nitrogens with zero attached hydrogens (tertiary/aromatic N) is 2. The van der Waals surface area contributed by atoms with Gasteiger partial charge in [0.1, 0.15) is 5.82 Å². The van der Waals surface area contributed by atoms with E-state index in [-0.39, 0.29) is 5.91 Å². The third kappa shape index (κ3) is 2.76. The molecule has 0 aliphatic heterocycles.